The molecule has 0 N–H and O–H groups in total. The van der Waals surface area contributed by atoms with Crippen LogP contribution in [-0.4, -0.2) is 16.1 Å². The van der Waals surface area contributed by atoms with Gasteiger partial charge in [0.15, 0.2) is 0 Å². The first-order valence-electron chi connectivity index (χ1n) is 8.21. The molecule has 2 aliphatic rings. The summed E-state index contributed by atoms with van der Waals surface area (Å²) in [4.78, 5) is 0. The Balaban J connectivity index is -0.000000125. The van der Waals surface area contributed by atoms with E-state index in [1.54, 1.807) is 0 Å². The van der Waals surface area contributed by atoms with Crippen LogP contribution in [0.25, 0.3) is 0 Å². The molecular formula is C19H47Si2Ta-3. The Kier molecular flexibility index (Phi) is 19.0. The van der Waals surface area contributed by atoms with E-state index in [-0.39, 0.29) is 44.7 Å². The second-order valence-electron chi connectivity index (χ2n) is 8.69. The van der Waals surface area contributed by atoms with Crippen LogP contribution in [0, 0.1) is 22.3 Å². The van der Waals surface area contributed by atoms with Gasteiger partial charge < -0.3 is 22.3 Å². The molecule has 0 nitrogen and oxygen atoms in total. The predicted molar refractivity (Wildman–Crippen MR) is 113 cm³/mol. The van der Waals surface area contributed by atoms with Crippen molar-refractivity contribution in [2.45, 2.75) is 102 Å². The van der Waals surface area contributed by atoms with E-state index in [1.807, 2.05) is 0 Å². The number of rotatable bonds is 2. The van der Waals surface area contributed by atoms with Crippen LogP contribution < -0.4 is 0 Å². The van der Waals surface area contributed by atoms with Gasteiger partial charge in [-0.15, -0.1) is 0 Å². The van der Waals surface area contributed by atoms with E-state index in [0.29, 0.717) is 0 Å². The van der Waals surface area contributed by atoms with Gasteiger partial charge in [-0.3, -0.25) is 0 Å². The number of hydrogen-bond donors (Lipinski definition) is 0. The zero-order chi connectivity index (χ0) is 13.8. The Morgan fingerprint density at radius 2 is 0.682 bits per heavy atom. The molecule has 0 aliphatic heterocycles. The molecule has 0 saturated heterocycles. The van der Waals surface area contributed by atoms with Gasteiger partial charge in [0.25, 0.3) is 0 Å². The van der Waals surface area contributed by atoms with Crippen molar-refractivity contribution in [1.82, 2.24) is 0 Å². The average molecular weight is 513 g/mol. The van der Waals surface area contributed by atoms with Gasteiger partial charge in [-0.1, -0.05) is 90.6 Å². The fourth-order valence-corrected chi connectivity index (χ4v) is 7.86. The van der Waals surface area contributed by atoms with Crippen LogP contribution in [0.1, 0.15) is 51.4 Å². The van der Waals surface area contributed by atoms with E-state index >= 15 is 0 Å². The molecule has 3 heteroatoms. The molecule has 0 aromatic rings. The zero-order valence-corrected chi connectivity index (χ0v) is 23.5. The van der Waals surface area contributed by atoms with Gasteiger partial charge in [0.05, 0.1) is 0 Å². The van der Waals surface area contributed by atoms with E-state index < -0.39 is 16.1 Å². The summed E-state index contributed by atoms with van der Waals surface area (Å²) in [6.45, 7) is 15.0. The summed E-state index contributed by atoms with van der Waals surface area (Å²) in [5, 5.41) is 0. The first-order valence-corrected chi connectivity index (χ1v) is 15.4. The van der Waals surface area contributed by atoms with Crippen LogP contribution in [0.2, 0.25) is 50.4 Å². The predicted octanol–water partition coefficient (Wildman–Crippen LogP) is 7.35. The second-order valence-corrected chi connectivity index (χ2v) is 19.8. The molecule has 0 atom stereocenters. The fourth-order valence-electron chi connectivity index (χ4n) is 3.58. The molecule has 2 rings (SSSR count). The second kappa shape index (κ2) is 13.5. The molecule has 0 aromatic carbocycles. The normalized spacial score (nSPS) is 18.8. The Hall–Kier alpha value is 1.17. The third kappa shape index (κ3) is 11.7. The first kappa shape index (κ1) is 31.0. The van der Waals surface area contributed by atoms with E-state index in [4.69, 9.17) is 0 Å². The molecule has 0 amide bonds. The van der Waals surface area contributed by atoms with Crippen molar-refractivity contribution in [2.24, 2.45) is 0 Å². The summed E-state index contributed by atoms with van der Waals surface area (Å²) in [6, 6.07) is 0. The minimum absolute atomic E-state index is 0. The maximum absolute atomic E-state index is 2.50. The Morgan fingerprint density at radius 3 is 0.773 bits per heavy atom. The van der Waals surface area contributed by atoms with Gasteiger partial charge >= 0.3 is 22.4 Å². The van der Waals surface area contributed by atoms with E-state index in [0.717, 1.165) is 11.1 Å². The molecule has 2 saturated carbocycles. The van der Waals surface area contributed by atoms with Crippen LogP contribution in [0.5, 0.6) is 0 Å². The van der Waals surface area contributed by atoms with Crippen molar-refractivity contribution in [1.29, 1.82) is 0 Å². The average Bonchev–Trinajstić information content (AvgIpc) is 2.91. The zero-order valence-electron chi connectivity index (χ0n) is 17.4. The summed E-state index contributed by atoms with van der Waals surface area (Å²) >= 11 is 0. The summed E-state index contributed by atoms with van der Waals surface area (Å²) in [5.41, 5.74) is 2.30. The Bertz CT molecular complexity index is 203. The molecule has 2 aliphatic carbocycles. The SMILES string of the molecule is C[Si](C)(C)C1CCCC1.C[Si](C)(C)C1CCCC1.[CH3-].[CH3-].[CH3-].[TaH2]. The fraction of sp³-hybridized carbons (Fsp3) is 0.842. The van der Waals surface area contributed by atoms with E-state index in [9.17, 15) is 0 Å². The van der Waals surface area contributed by atoms with Crippen molar-refractivity contribution in [3.63, 3.8) is 0 Å². The van der Waals surface area contributed by atoms with Gasteiger partial charge in [-0.2, -0.15) is 0 Å². The van der Waals surface area contributed by atoms with E-state index in [2.05, 4.69) is 39.3 Å². The van der Waals surface area contributed by atoms with Crippen molar-refractivity contribution < 1.29 is 22.4 Å². The number of hydrogen-bond acceptors (Lipinski definition) is 0. The van der Waals surface area contributed by atoms with Crippen molar-refractivity contribution in [3.05, 3.63) is 22.3 Å². The monoisotopic (exact) mass is 512 g/mol. The molecule has 0 aromatic heterocycles. The van der Waals surface area contributed by atoms with Crippen LogP contribution in [0.15, 0.2) is 0 Å². The molecule has 139 valence electrons. The third-order valence-electron chi connectivity index (χ3n) is 5.16. The van der Waals surface area contributed by atoms with Crippen molar-refractivity contribution in [2.75, 3.05) is 0 Å². The van der Waals surface area contributed by atoms with Gasteiger partial charge in [0.2, 0.25) is 0 Å². The summed E-state index contributed by atoms with van der Waals surface area (Å²) in [5.74, 6) is 0. The van der Waals surface area contributed by atoms with E-state index in [1.165, 1.54) is 51.4 Å². The Morgan fingerprint density at radius 1 is 0.500 bits per heavy atom. The van der Waals surface area contributed by atoms with Crippen LogP contribution in [0.3, 0.4) is 0 Å². The third-order valence-corrected chi connectivity index (χ3v) is 11.2. The van der Waals surface area contributed by atoms with Gasteiger partial charge in [-0.25, -0.2) is 0 Å². The summed E-state index contributed by atoms with van der Waals surface area (Å²) in [7, 11) is -1.45. The molecule has 1 radical (unpaired) electrons. The van der Waals surface area contributed by atoms with Gasteiger partial charge in [0.1, 0.15) is 0 Å². The molecule has 0 spiro atoms. The van der Waals surface area contributed by atoms with Crippen molar-refractivity contribution >= 4 is 16.1 Å². The van der Waals surface area contributed by atoms with Gasteiger partial charge in [-0.05, 0) is 11.1 Å². The van der Waals surface area contributed by atoms with Crippen molar-refractivity contribution in [3.8, 4) is 0 Å². The molecule has 0 bridgehead atoms. The molecular weight excluding hydrogens is 465 g/mol. The standard InChI is InChI=1S/2C8H18Si.3CH3.Ta.2H/c2*1-9(2,3)8-6-4-5-7-8;;;;;;/h2*8H,4-7H2,1-3H3;3*1H3;;;/q;;3*-1;;;. The molecule has 22 heavy (non-hydrogen) atoms. The minimum atomic E-state index is -0.724. The van der Waals surface area contributed by atoms with Crippen LogP contribution in [0.4, 0.5) is 0 Å². The maximum atomic E-state index is 2.50. The summed E-state index contributed by atoms with van der Waals surface area (Å²) < 4.78 is 0. The van der Waals surface area contributed by atoms with Gasteiger partial charge in [0, 0.05) is 16.1 Å². The molecule has 0 heterocycles. The first-order chi connectivity index (χ1) is 8.21. The topological polar surface area (TPSA) is 0 Å². The molecule has 0 unspecified atom stereocenters. The van der Waals surface area contributed by atoms with Crippen LogP contribution >= 0.6 is 0 Å². The summed E-state index contributed by atoms with van der Waals surface area (Å²) in [6.07, 6.45) is 12.2. The quantitative estimate of drug-likeness (QED) is 0.268. The van der Waals surface area contributed by atoms with Crippen LogP contribution in [-0.2, 0) is 22.4 Å². The Labute approximate surface area is 162 Å². The molecule has 2 fully saturated rings.